The molecule has 0 unspecified atom stereocenters. The van der Waals surface area contributed by atoms with Crippen molar-refractivity contribution < 1.29 is 0 Å². The molecule has 0 saturated carbocycles. The number of aryl methyl sites for hydroxylation is 1. The van der Waals surface area contributed by atoms with Gasteiger partial charge in [0.15, 0.2) is 0 Å². The topological polar surface area (TPSA) is 42.5 Å². The molecule has 0 saturated heterocycles. The minimum Gasteiger partial charge on any atom is -0.318 e. The molecule has 5 heteroatoms. The Balaban J connectivity index is 2.05. The van der Waals surface area contributed by atoms with E-state index in [1.54, 1.807) is 17.5 Å². The molecular weight excluding hydrogens is 268 g/mol. The molecule has 0 radical (unpaired) electrons. The van der Waals surface area contributed by atoms with E-state index in [1.165, 1.54) is 10.2 Å². The van der Waals surface area contributed by atoms with Gasteiger partial charge >= 0.3 is 0 Å². The number of rotatable bonds is 2. The molecule has 0 fully saturated rings. The van der Waals surface area contributed by atoms with Gasteiger partial charge in [0.2, 0.25) is 4.80 Å². The van der Waals surface area contributed by atoms with Gasteiger partial charge in [0.1, 0.15) is 0 Å². The maximum atomic E-state index is 4.35. The van der Waals surface area contributed by atoms with Crippen molar-refractivity contribution in [2.24, 2.45) is 17.3 Å². The van der Waals surface area contributed by atoms with Gasteiger partial charge in [-0.15, -0.1) is 5.10 Å². The zero-order chi connectivity index (χ0) is 13.9. The van der Waals surface area contributed by atoms with E-state index in [4.69, 9.17) is 0 Å². The number of hydrogen-bond donors (Lipinski definition) is 0. The second-order valence-electron chi connectivity index (χ2n) is 4.41. The van der Waals surface area contributed by atoms with Crippen molar-refractivity contribution in [1.29, 1.82) is 0 Å². The van der Waals surface area contributed by atoms with E-state index in [0.29, 0.717) is 0 Å². The minimum absolute atomic E-state index is 0.808. The first kappa shape index (κ1) is 12.7. The third-order valence-electron chi connectivity index (χ3n) is 3.04. The summed E-state index contributed by atoms with van der Waals surface area (Å²) >= 11 is 1.63. The molecule has 1 aromatic carbocycles. The number of pyridine rings is 1. The van der Waals surface area contributed by atoms with Gasteiger partial charge in [0.25, 0.3) is 0 Å². The highest BCUT2D eigenvalue weighted by Crippen LogP contribution is 2.15. The lowest BCUT2D eigenvalue weighted by atomic mass is 10.3. The summed E-state index contributed by atoms with van der Waals surface area (Å²) in [7, 11) is 2.00. The molecular formula is C15H14N4S. The van der Waals surface area contributed by atoms with Gasteiger partial charge in [0, 0.05) is 13.2 Å². The van der Waals surface area contributed by atoms with Crippen LogP contribution in [0.2, 0.25) is 0 Å². The lowest BCUT2D eigenvalue weighted by Crippen LogP contribution is -2.09. The zero-order valence-corrected chi connectivity index (χ0v) is 12.1. The van der Waals surface area contributed by atoms with Crippen LogP contribution in [-0.2, 0) is 7.05 Å². The van der Waals surface area contributed by atoms with Gasteiger partial charge in [-0.25, -0.2) is 0 Å². The van der Waals surface area contributed by atoms with Crippen LogP contribution in [-0.4, -0.2) is 15.3 Å². The number of hydrogen-bond acceptors (Lipinski definition) is 4. The molecule has 100 valence electrons. The summed E-state index contributed by atoms with van der Waals surface area (Å²) in [4.78, 5) is 5.14. The molecule has 2 aromatic heterocycles. The molecule has 4 nitrogen and oxygen atoms in total. The highest BCUT2D eigenvalue weighted by atomic mass is 32.1. The first-order valence-corrected chi connectivity index (χ1v) is 7.11. The summed E-state index contributed by atoms with van der Waals surface area (Å²) in [6.45, 7) is 1.92. The van der Waals surface area contributed by atoms with E-state index >= 15 is 0 Å². The molecule has 0 amide bonds. The summed E-state index contributed by atoms with van der Waals surface area (Å²) in [5.41, 5.74) is 2.82. The number of benzene rings is 1. The van der Waals surface area contributed by atoms with Gasteiger partial charge in [-0.2, -0.15) is 5.10 Å². The van der Waals surface area contributed by atoms with Crippen LogP contribution >= 0.6 is 11.3 Å². The van der Waals surface area contributed by atoms with Gasteiger partial charge < -0.3 is 4.57 Å². The Hall–Kier alpha value is -2.27. The standard InChI is InChI=1S/C15H14N4S/c1-11(12-7-5-6-10-16-12)17-18-15-19(2)13-8-3-4-9-14(13)20-15/h3-10H,1-2H3/b17-11+,18-15+. The molecule has 0 N–H and O–H groups in total. The number of nitrogens with zero attached hydrogens (tertiary/aromatic N) is 4. The molecule has 20 heavy (non-hydrogen) atoms. The lowest BCUT2D eigenvalue weighted by Gasteiger charge is -1.95. The van der Waals surface area contributed by atoms with E-state index in [9.17, 15) is 0 Å². The Kier molecular flexibility index (Phi) is 3.43. The summed E-state index contributed by atoms with van der Waals surface area (Å²) < 4.78 is 3.26. The number of thiazole rings is 1. The Morgan fingerprint density at radius 3 is 2.70 bits per heavy atom. The molecule has 0 aliphatic heterocycles. The Bertz CT molecular complexity index is 828. The van der Waals surface area contributed by atoms with E-state index in [1.807, 2.05) is 44.3 Å². The molecule has 0 bridgehead atoms. The van der Waals surface area contributed by atoms with Gasteiger partial charge in [0.05, 0.1) is 21.6 Å². The van der Waals surface area contributed by atoms with Crippen LogP contribution in [0.5, 0.6) is 0 Å². The highest BCUT2D eigenvalue weighted by Gasteiger charge is 2.01. The predicted octanol–water partition coefficient (Wildman–Crippen LogP) is 2.96. The Labute approximate surface area is 120 Å². The van der Waals surface area contributed by atoms with Crippen LogP contribution in [0.15, 0.2) is 58.9 Å². The summed E-state index contributed by atoms with van der Waals surface area (Å²) in [6.07, 6.45) is 1.76. The minimum atomic E-state index is 0.808. The second-order valence-corrected chi connectivity index (χ2v) is 5.42. The van der Waals surface area contributed by atoms with Crippen LogP contribution in [0.4, 0.5) is 0 Å². The quantitative estimate of drug-likeness (QED) is 0.526. The van der Waals surface area contributed by atoms with Crippen molar-refractivity contribution in [2.45, 2.75) is 6.92 Å². The molecule has 0 spiro atoms. The third kappa shape index (κ3) is 2.40. The first-order chi connectivity index (χ1) is 9.75. The van der Waals surface area contributed by atoms with E-state index in [2.05, 4.69) is 31.9 Å². The number of para-hydroxylation sites is 1. The maximum absolute atomic E-state index is 4.35. The van der Waals surface area contributed by atoms with Gasteiger partial charge in [-0.3, -0.25) is 4.98 Å². The highest BCUT2D eigenvalue weighted by molar-refractivity contribution is 7.16. The fourth-order valence-corrected chi connectivity index (χ4v) is 2.89. The van der Waals surface area contributed by atoms with Gasteiger partial charge in [-0.1, -0.05) is 29.5 Å². The average Bonchev–Trinajstić information content (AvgIpc) is 2.83. The normalized spacial score (nSPS) is 13.1. The Morgan fingerprint density at radius 2 is 1.95 bits per heavy atom. The van der Waals surface area contributed by atoms with Crippen LogP contribution in [0, 0.1) is 0 Å². The molecule has 0 aliphatic rings. The summed E-state index contributed by atoms with van der Waals surface area (Å²) in [6, 6.07) is 14.0. The van der Waals surface area contributed by atoms with Crippen LogP contribution < -0.4 is 4.80 Å². The van der Waals surface area contributed by atoms with Crippen LogP contribution in [0.3, 0.4) is 0 Å². The van der Waals surface area contributed by atoms with E-state index in [0.717, 1.165) is 16.2 Å². The zero-order valence-electron chi connectivity index (χ0n) is 11.3. The van der Waals surface area contributed by atoms with Crippen molar-refractivity contribution in [1.82, 2.24) is 9.55 Å². The third-order valence-corrected chi connectivity index (χ3v) is 4.14. The van der Waals surface area contributed by atoms with E-state index < -0.39 is 0 Å². The fraction of sp³-hybridized carbons (Fsp3) is 0.133. The van der Waals surface area contributed by atoms with E-state index in [-0.39, 0.29) is 0 Å². The molecule has 3 aromatic rings. The molecule has 0 atom stereocenters. The maximum Gasteiger partial charge on any atom is 0.211 e. The smallest absolute Gasteiger partial charge is 0.211 e. The molecule has 3 rings (SSSR count). The molecule has 0 aliphatic carbocycles. The molecule has 2 heterocycles. The number of aromatic nitrogens is 2. The van der Waals surface area contributed by atoms with Crippen LogP contribution in [0.25, 0.3) is 10.2 Å². The van der Waals surface area contributed by atoms with Gasteiger partial charge in [-0.05, 0) is 31.2 Å². The largest absolute Gasteiger partial charge is 0.318 e. The van der Waals surface area contributed by atoms with Crippen molar-refractivity contribution in [3.63, 3.8) is 0 Å². The first-order valence-electron chi connectivity index (χ1n) is 6.30. The SMILES string of the molecule is C/C(=N\N=c1\sc2ccccc2n1C)c1ccccn1. The van der Waals surface area contributed by atoms with Crippen LogP contribution in [0.1, 0.15) is 12.6 Å². The van der Waals surface area contributed by atoms with Crippen molar-refractivity contribution in [3.05, 3.63) is 59.2 Å². The number of fused-ring (bicyclic) bond motifs is 1. The lowest BCUT2D eigenvalue weighted by molar-refractivity contribution is 0.888. The summed E-state index contributed by atoms with van der Waals surface area (Å²) in [5, 5.41) is 8.64. The fourth-order valence-electron chi connectivity index (χ4n) is 1.92. The summed E-state index contributed by atoms with van der Waals surface area (Å²) in [5.74, 6) is 0. The predicted molar refractivity (Wildman–Crippen MR) is 82.8 cm³/mol. The van der Waals surface area contributed by atoms with Crippen molar-refractivity contribution in [2.75, 3.05) is 0 Å². The Morgan fingerprint density at radius 1 is 1.15 bits per heavy atom. The van der Waals surface area contributed by atoms with Crippen molar-refractivity contribution in [3.8, 4) is 0 Å². The average molecular weight is 282 g/mol. The second kappa shape index (κ2) is 5.38. The monoisotopic (exact) mass is 282 g/mol. The van der Waals surface area contributed by atoms with Crippen molar-refractivity contribution >= 4 is 27.3 Å².